The van der Waals surface area contributed by atoms with E-state index < -0.39 is 6.10 Å². The Morgan fingerprint density at radius 3 is 2.92 bits per heavy atom. The van der Waals surface area contributed by atoms with Gasteiger partial charge in [-0.15, -0.1) is 11.3 Å². The van der Waals surface area contributed by atoms with Gasteiger partial charge in [-0.25, -0.2) is 4.98 Å². The van der Waals surface area contributed by atoms with Crippen LogP contribution in [0.4, 0.5) is 5.13 Å². The zero-order chi connectivity index (χ0) is 17.1. The van der Waals surface area contributed by atoms with Crippen LogP contribution in [0.1, 0.15) is 24.4 Å². The van der Waals surface area contributed by atoms with Crippen molar-refractivity contribution in [3.05, 3.63) is 39.3 Å². The van der Waals surface area contributed by atoms with Crippen LogP contribution in [0.3, 0.4) is 0 Å². The summed E-state index contributed by atoms with van der Waals surface area (Å²) in [6.07, 6.45) is 0.361. The maximum absolute atomic E-state index is 12.3. The SMILES string of the molecule is CCN1CCc2nc(NC(=O)C(C)Oc3ccc(Br)cc3)sc2C1. The van der Waals surface area contributed by atoms with Crippen LogP contribution < -0.4 is 10.1 Å². The van der Waals surface area contributed by atoms with E-state index in [2.05, 4.69) is 38.1 Å². The molecule has 0 aliphatic carbocycles. The standard InChI is InChI=1S/C17H20BrN3O2S/c1-3-21-9-8-14-15(10-21)24-17(19-14)20-16(22)11(2)23-13-6-4-12(18)5-7-13/h4-7,11H,3,8-10H2,1-2H3,(H,19,20,22). The van der Waals surface area contributed by atoms with Crippen LogP contribution in [0, 0.1) is 0 Å². The highest BCUT2D eigenvalue weighted by atomic mass is 79.9. The maximum Gasteiger partial charge on any atom is 0.266 e. The second-order valence-corrected chi connectivity index (χ2v) is 7.71. The predicted molar refractivity (Wildman–Crippen MR) is 99.6 cm³/mol. The summed E-state index contributed by atoms with van der Waals surface area (Å²) in [5.41, 5.74) is 1.11. The van der Waals surface area contributed by atoms with Crippen LogP contribution in [0.2, 0.25) is 0 Å². The molecule has 128 valence electrons. The number of carbonyl (C=O) groups excluding carboxylic acids is 1. The minimum Gasteiger partial charge on any atom is -0.481 e. The molecule has 5 nitrogen and oxygen atoms in total. The topological polar surface area (TPSA) is 54.5 Å². The Morgan fingerprint density at radius 2 is 2.21 bits per heavy atom. The Hall–Kier alpha value is -1.44. The fourth-order valence-electron chi connectivity index (χ4n) is 2.55. The highest BCUT2D eigenvalue weighted by Crippen LogP contribution is 2.28. The minimum atomic E-state index is -0.584. The molecule has 2 aromatic rings. The van der Waals surface area contributed by atoms with Crippen molar-refractivity contribution in [1.29, 1.82) is 0 Å². The molecule has 1 aromatic carbocycles. The molecule has 0 saturated carbocycles. The van der Waals surface area contributed by atoms with Crippen LogP contribution in [-0.4, -0.2) is 35.0 Å². The molecule has 1 aliphatic heterocycles. The molecule has 1 N–H and O–H groups in total. The van der Waals surface area contributed by atoms with Crippen LogP contribution in [0.15, 0.2) is 28.7 Å². The third kappa shape index (κ3) is 4.15. The monoisotopic (exact) mass is 409 g/mol. The Bertz CT molecular complexity index is 717. The van der Waals surface area contributed by atoms with E-state index in [0.29, 0.717) is 10.9 Å². The van der Waals surface area contributed by atoms with Crippen molar-refractivity contribution < 1.29 is 9.53 Å². The Kier molecular flexibility index (Phi) is 5.53. The number of ether oxygens (including phenoxy) is 1. The van der Waals surface area contributed by atoms with Gasteiger partial charge in [0.05, 0.1) is 5.69 Å². The van der Waals surface area contributed by atoms with Crippen molar-refractivity contribution in [3.63, 3.8) is 0 Å². The molecule has 0 spiro atoms. The minimum absolute atomic E-state index is 0.184. The van der Waals surface area contributed by atoms with Crippen molar-refractivity contribution in [2.75, 3.05) is 18.4 Å². The van der Waals surface area contributed by atoms with E-state index in [1.165, 1.54) is 4.88 Å². The van der Waals surface area contributed by atoms with Gasteiger partial charge in [-0.05, 0) is 37.7 Å². The second-order valence-electron chi connectivity index (χ2n) is 5.71. The number of benzene rings is 1. The van der Waals surface area contributed by atoms with Crippen molar-refractivity contribution >= 4 is 38.3 Å². The van der Waals surface area contributed by atoms with Crippen LogP contribution in [-0.2, 0) is 17.8 Å². The number of likely N-dealkylation sites (N-methyl/N-ethyl adjacent to an activating group) is 1. The number of nitrogens with zero attached hydrogens (tertiary/aromatic N) is 2. The molecule has 1 unspecified atom stereocenters. The zero-order valence-corrected chi connectivity index (χ0v) is 16.1. The Labute approximate surface area is 154 Å². The molecule has 1 aliphatic rings. The third-order valence-electron chi connectivity index (χ3n) is 3.98. The molecule has 1 aromatic heterocycles. The lowest BCUT2D eigenvalue weighted by Gasteiger charge is -2.23. The van der Waals surface area contributed by atoms with Gasteiger partial charge >= 0.3 is 0 Å². The number of rotatable bonds is 5. The molecule has 2 heterocycles. The number of fused-ring (bicyclic) bond motifs is 1. The molecule has 0 fully saturated rings. The molecule has 0 radical (unpaired) electrons. The second kappa shape index (κ2) is 7.63. The van der Waals surface area contributed by atoms with E-state index >= 15 is 0 Å². The number of carbonyl (C=O) groups is 1. The first kappa shape index (κ1) is 17.4. The number of amides is 1. The first-order valence-corrected chi connectivity index (χ1v) is 9.60. The van der Waals surface area contributed by atoms with E-state index in [1.807, 2.05) is 24.3 Å². The summed E-state index contributed by atoms with van der Waals surface area (Å²) in [5, 5.41) is 3.54. The van der Waals surface area contributed by atoms with Gasteiger partial charge in [0.1, 0.15) is 5.75 Å². The Balaban J connectivity index is 1.60. The number of hydrogen-bond donors (Lipinski definition) is 1. The van der Waals surface area contributed by atoms with Gasteiger partial charge < -0.3 is 4.74 Å². The third-order valence-corrected chi connectivity index (χ3v) is 5.51. The zero-order valence-electron chi connectivity index (χ0n) is 13.7. The lowest BCUT2D eigenvalue weighted by molar-refractivity contribution is -0.122. The summed E-state index contributed by atoms with van der Waals surface area (Å²) < 4.78 is 6.65. The van der Waals surface area contributed by atoms with Crippen molar-refractivity contribution in [1.82, 2.24) is 9.88 Å². The molecule has 1 atom stereocenters. The van der Waals surface area contributed by atoms with Gasteiger partial charge in [0.15, 0.2) is 11.2 Å². The number of thiazole rings is 1. The fourth-order valence-corrected chi connectivity index (χ4v) is 3.87. The molecule has 0 bridgehead atoms. The molecule has 1 amide bonds. The van der Waals surface area contributed by atoms with E-state index in [4.69, 9.17) is 4.74 Å². The quantitative estimate of drug-likeness (QED) is 0.817. The van der Waals surface area contributed by atoms with Gasteiger partial charge in [0, 0.05) is 28.9 Å². The van der Waals surface area contributed by atoms with Gasteiger partial charge in [-0.2, -0.15) is 0 Å². The summed E-state index contributed by atoms with van der Waals surface area (Å²) >= 11 is 4.94. The highest BCUT2D eigenvalue weighted by Gasteiger charge is 2.22. The number of hydrogen-bond acceptors (Lipinski definition) is 5. The predicted octanol–water partition coefficient (Wildman–Crippen LogP) is 3.69. The highest BCUT2D eigenvalue weighted by molar-refractivity contribution is 9.10. The summed E-state index contributed by atoms with van der Waals surface area (Å²) in [6, 6.07) is 7.42. The Morgan fingerprint density at radius 1 is 1.46 bits per heavy atom. The molecule has 24 heavy (non-hydrogen) atoms. The van der Waals surface area contributed by atoms with Crippen LogP contribution in [0.5, 0.6) is 5.75 Å². The van der Waals surface area contributed by atoms with Crippen LogP contribution >= 0.6 is 27.3 Å². The summed E-state index contributed by atoms with van der Waals surface area (Å²) in [5.74, 6) is 0.481. The number of anilines is 1. The van der Waals surface area contributed by atoms with Crippen molar-refractivity contribution in [2.45, 2.75) is 32.9 Å². The lowest BCUT2D eigenvalue weighted by atomic mass is 10.2. The van der Waals surface area contributed by atoms with E-state index in [1.54, 1.807) is 18.3 Å². The van der Waals surface area contributed by atoms with E-state index in [9.17, 15) is 4.79 Å². The van der Waals surface area contributed by atoms with Gasteiger partial charge in [0.2, 0.25) is 0 Å². The number of halogens is 1. The van der Waals surface area contributed by atoms with Crippen molar-refractivity contribution in [3.8, 4) is 5.75 Å². The lowest BCUT2D eigenvalue weighted by Crippen LogP contribution is -2.30. The van der Waals surface area contributed by atoms with E-state index in [-0.39, 0.29) is 5.91 Å². The largest absolute Gasteiger partial charge is 0.481 e. The average molecular weight is 410 g/mol. The van der Waals surface area contributed by atoms with Gasteiger partial charge in [-0.1, -0.05) is 22.9 Å². The molecular weight excluding hydrogens is 390 g/mol. The maximum atomic E-state index is 12.3. The number of aromatic nitrogens is 1. The van der Waals surface area contributed by atoms with Gasteiger partial charge in [0.25, 0.3) is 5.91 Å². The summed E-state index contributed by atoms with van der Waals surface area (Å²) in [7, 11) is 0. The fraction of sp³-hybridized carbons (Fsp3) is 0.412. The average Bonchev–Trinajstić information content (AvgIpc) is 2.97. The number of nitrogens with one attached hydrogen (secondary N) is 1. The van der Waals surface area contributed by atoms with Crippen molar-refractivity contribution in [2.24, 2.45) is 0 Å². The first-order chi connectivity index (χ1) is 11.5. The van der Waals surface area contributed by atoms with Gasteiger partial charge in [-0.3, -0.25) is 15.0 Å². The summed E-state index contributed by atoms with van der Waals surface area (Å²) in [6.45, 7) is 6.89. The normalized spacial score (nSPS) is 15.6. The molecule has 3 rings (SSSR count). The molecular formula is C17H20BrN3O2S. The van der Waals surface area contributed by atoms with E-state index in [0.717, 1.165) is 36.2 Å². The van der Waals surface area contributed by atoms with Crippen LogP contribution in [0.25, 0.3) is 0 Å². The summed E-state index contributed by atoms with van der Waals surface area (Å²) in [4.78, 5) is 20.5. The first-order valence-electron chi connectivity index (χ1n) is 7.99. The smallest absolute Gasteiger partial charge is 0.266 e. The molecule has 0 saturated heterocycles. The molecule has 7 heteroatoms.